The molecule has 0 rings (SSSR count). The van der Waals surface area contributed by atoms with Crippen LogP contribution in [0.4, 0.5) is 12.9 Å². The number of hydrogen-bond acceptors (Lipinski definition) is 0. The van der Waals surface area contributed by atoms with Gasteiger partial charge in [-0.2, -0.15) is 0 Å². The molecular weight excluding hydrogens is 212 g/mol. The first-order valence-corrected chi connectivity index (χ1v) is 6.77. The molecule has 98 valence electrons. The third-order valence-electron chi connectivity index (χ3n) is 2.89. The Morgan fingerprint density at radius 1 is 0.625 bits per heavy atom. The van der Waals surface area contributed by atoms with Crippen LogP contribution in [-0.4, -0.2) is 6.98 Å². The molecule has 0 amide bonds. The quantitative estimate of drug-likeness (QED) is 0.317. The topological polar surface area (TPSA) is 0 Å². The van der Waals surface area contributed by atoms with E-state index in [0.717, 1.165) is 19.3 Å². The molecule has 0 nitrogen and oxygen atoms in total. The first kappa shape index (κ1) is 15.9. The Kier molecular flexibility index (Phi) is 9.95. The van der Waals surface area contributed by atoms with Crippen LogP contribution in [-0.2, 0) is 0 Å². The van der Waals surface area contributed by atoms with Crippen LogP contribution in [0.2, 0.25) is 6.32 Å². The lowest BCUT2D eigenvalue weighted by Crippen LogP contribution is -2.13. The number of rotatable bonds is 11. The van der Waals surface area contributed by atoms with Crippen molar-refractivity contribution >= 4 is 6.98 Å². The molecule has 4 heteroatoms. The molecule has 0 saturated heterocycles. The van der Waals surface area contributed by atoms with Crippen molar-refractivity contribution in [3.63, 3.8) is 0 Å². The highest BCUT2D eigenvalue weighted by atomic mass is 19.4. The fourth-order valence-corrected chi connectivity index (χ4v) is 1.86. The molecule has 0 aromatic carbocycles. The third kappa shape index (κ3) is 13.9. The SMILES string of the molecule is CCCCCCCCCCCC[B-](F)(F)F. The molecule has 0 aliphatic rings. The second-order valence-electron chi connectivity index (χ2n) is 4.68. The van der Waals surface area contributed by atoms with Gasteiger partial charge >= 0.3 is 6.98 Å². The second kappa shape index (κ2) is 10.0. The largest absolute Gasteiger partial charge is 0.478 e. The van der Waals surface area contributed by atoms with E-state index in [1.165, 1.54) is 38.5 Å². The molecule has 0 atom stereocenters. The van der Waals surface area contributed by atoms with Crippen LogP contribution in [0.1, 0.15) is 71.1 Å². The van der Waals surface area contributed by atoms with Gasteiger partial charge in [0, 0.05) is 0 Å². The van der Waals surface area contributed by atoms with Gasteiger partial charge in [0.05, 0.1) is 0 Å². The molecule has 0 aliphatic carbocycles. The molecule has 0 bridgehead atoms. The van der Waals surface area contributed by atoms with Crippen LogP contribution in [0.15, 0.2) is 0 Å². The Hall–Kier alpha value is -0.145. The summed E-state index contributed by atoms with van der Waals surface area (Å²) in [6, 6.07) is 0. The highest BCUT2D eigenvalue weighted by molar-refractivity contribution is 6.58. The minimum absolute atomic E-state index is 0.333. The van der Waals surface area contributed by atoms with Crippen LogP contribution in [0.25, 0.3) is 0 Å². The zero-order valence-electron chi connectivity index (χ0n) is 10.5. The van der Waals surface area contributed by atoms with E-state index in [9.17, 15) is 12.9 Å². The Morgan fingerprint density at radius 2 is 1.00 bits per heavy atom. The van der Waals surface area contributed by atoms with Crippen molar-refractivity contribution in [1.29, 1.82) is 0 Å². The molecule has 0 radical (unpaired) electrons. The molecule has 0 aromatic rings. The van der Waals surface area contributed by atoms with E-state index in [1.54, 1.807) is 0 Å². The van der Waals surface area contributed by atoms with Crippen LogP contribution in [0, 0.1) is 0 Å². The summed E-state index contributed by atoms with van der Waals surface area (Å²) in [6.07, 6.45) is 10.2. The van der Waals surface area contributed by atoms with Crippen molar-refractivity contribution in [2.24, 2.45) is 0 Å². The maximum atomic E-state index is 11.9. The summed E-state index contributed by atoms with van der Waals surface area (Å²) in [5, 5.41) is 0. The van der Waals surface area contributed by atoms with Gasteiger partial charge in [-0.1, -0.05) is 77.5 Å². The summed E-state index contributed by atoms with van der Waals surface area (Å²) in [4.78, 5) is 0. The highest BCUT2D eigenvalue weighted by Gasteiger charge is 2.21. The van der Waals surface area contributed by atoms with E-state index >= 15 is 0 Å². The number of unbranched alkanes of at least 4 members (excludes halogenated alkanes) is 9. The molecule has 0 spiro atoms. The molecule has 16 heavy (non-hydrogen) atoms. The lowest BCUT2D eigenvalue weighted by molar-refractivity contribution is 0.458. The van der Waals surface area contributed by atoms with Gasteiger partial charge in [-0.3, -0.25) is 0 Å². The van der Waals surface area contributed by atoms with Crippen LogP contribution in [0.3, 0.4) is 0 Å². The van der Waals surface area contributed by atoms with Crippen molar-refractivity contribution in [3.8, 4) is 0 Å². The standard InChI is InChI=1S/C12H25BF3/c1-2-3-4-5-6-7-8-9-10-11-12-13(14,15)16/h2-12H2,1H3/q-1. The van der Waals surface area contributed by atoms with Gasteiger partial charge in [0.2, 0.25) is 0 Å². The lowest BCUT2D eigenvalue weighted by Gasteiger charge is -2.12. The monoisotopic (exact) mass is 237 g/mol. The first-order valence-electron chi connectivity index (χ1n) is 6.77. The maximum absolute atomic E-state index is 11.9. The maximum Gasteiger partial charge on any atom is 0.478 e. The van der Waals surface area contributed by atoms with Crippen LogP contribution >= 0.6 is 0 Å². The molecular formula is C12H25BF3-. The molecule has 0 N–H and O–H groups in total. The fourth-order valence-electron chi connectivity index (χ4n) is 1.86. The fraction of sp³-hybridized carbons (Fsp3) is 1.00. The number of hydrogen-bond donors (Lipinski definition) is 0. The van der Waals surface area contributed by atoms with Gasteiger partial charge in [0.1, 0.15) is 0 Å². The number of halogens is 3. The van der Waals surface area contributed by atoms with E-state index in [0.29, 0.717) is 6.42 Å². The van der Waals surface area contributed by atoms with Gasteiger partial charge in [-0.15, -0.1) is 0 Å². The zero-order valence-corrected chi connectivity index (χ0v) is 10.5. The Labute approximate surface area is 98.1 Å². The molecule has 0 unspecified atom stereocenters. The Balaban J connectivity index is 2.99. The van der Waals surface area contributed by atoms with Crippen molar-refractivity contribution < 1.29 is 12.9 Å². The summed E-state index contributed by atoms with van der Waals surface area (Å²) in [7, 11) is 0. The predicted molar refractivity (Wildman–Crippen MR) is 65.7 cm³/mol. The van der Waals surface area contributed by atoms with E-state index in [4.69, 9.17) is 0 Å². The average Bonchev–Trinajstić information content (AvgIpc) is 2.19. The van der Waals surface area contributed by atoms with Gasteiger partial charge in [-0.25, -0.2) is 0 Å². The van der Waals surface area contributed by atoms with Gasteiger partial charge in [0.25, 0.3) is 0 Å². The minimum atomic E-state index is -4.54. The Morgan fingerprint density at radius 3 is 1.38 bits per heavy atom. The molecule has 0 aliphatic heterocycles. The molecule has 0 fully saturated rings. The summed E-state index contributed by atoms with van der Waals surface area (Å²) >= 11 is 0. The van der Waals surface area contributed by atoms with Crippen molar-refractivity contribution in [3.05, 3.63) is 0 Å². The van der Waals surface area contributed by atoms with Gasteiger partial charge < -0.3 is 12.9 Å². The van der Waals surface area contributed by atoms with Crippen molar-refractivity contribution in [2.75, 3.05) is 0 Å². The normalized spacial score (nSPS) is 12.0. The summed E-state index contributed by atoms with van der Waals surface area (Å²) in [6.45, 7) is -2.34. The van der Waals surface area contributed by atoms with E-state index in [2.05, 4.69) is 6.92 Å². The molecule has 0 heterocycles. The van der Waals surface area contributed by atoms with E-state index in [-0.39, 0.29) is 0 Å². The van der Waals surface area contributed by atoms with Gasteiger partial charge in [0.15, 0.2) is 0 Å². The minimum Gasteiger partial charge on any atom is -0.449 e. The van der Waals surface area contributed by atoms with Crippen LogP contribution < -0.4 is 0 Å². The summed E-state index contributed by atoms with van der Waals surface area (Å²) < 4.78 is 35.6. The zero-order chi connectivity index (χ0) is 12.3. The second-order valence-corrected chi connectivity index (χ2v) is 4.68. The van der Waals surface area contributed by atoms with Crippen molar-refractivity contribution in [2.45, 2.75) is 77.5 Å². The molecule has 0 aromatic heterocycles. The van der Waals surface area contributed by atoms with E-state index < -0.39 is 13.3 Å². The molecule has 0 saturated carbocycles. The first-order chi connectivity index (χ1) is 7.56. The highest BCUT2D eigenvalue weighted by Crippen LogP contribution is 2.19. The van der Waals surface area contributed by atoms with Crippen molar-refractivity contribution in [1.82, 2.24) is 0 Å². The lowest BCUT2D eigenvalue weighted by atomic mass is 9.83. The van der Waals surface area contributed by atoms with Gasteiger partial charge in [-0.05, 0) is 0 Å². The average molecular weight is 237 g/mol. The predicted octanol–water partition coefficient (Wildman–Crippen LogP) is 5.75. The Bertz CT molecular complexity index is 146. The van der Waals surface area contributed by atoms with E-state index in [1.807, 2.05) is 0 Å². The summed E-state index contributed by atoms with van der Waals surface area (Å²) in [5.41, 5.74) is 0. The third-order valence-corrected chi connectivity index (χ3v) is 2.89. The smallest absolute Gasteiger partial charge is 0.449 e. The van der Waals surface area contributed by atoms with Crippen LogP contribution in [0.5, 0.6) is 0 Å². The summed E-state index contributed by atoms with van der Waals surface area (Å²) in [5.74, 6) is 0.